The summed E-state index contributed by atoms with van der Waals surface area (Å²) in [7, 11) is 0. The van der Waals surface area contributed by atoms with Gasteiger partial charge in [0, 0.05) is 0 Å². The molecule has 1 radical (unpaired) electrons. The Morgan fingerprint density at radius 2 is 2.00 bits per heavy atom. The van der Waals surface area contributed by atoms with Gasteiger partial charge in [0.05, 0.1) is 5.92 Å². The van der Waals surface area contributed by atoms with Gasteiger partial charge in [-0.05, 0) is 12.0 Å². The van der Waals surface area contributed by atoms with Crippen molar-refractivity contribution in [2.75, 3.05) is 0 Å². The van der Waals surface area contributed by atoms with Crippen LogP contribution in [0.15, 0.2) is 43.0 Å². The van der Waals surface area contributed by atoms with Gasteiger partial charge in [0.2, 0.25) is 0 Å². The predicted molar refractivity (Wildman–Crippen MR) is 49.7 cm³/mol. The third-order valence-corrected chi connectivity index (χ3v) is 1.89. The summed E-state index contributed by atoms with van der Waals surface area (Å²) in [6, 6.07) is 9.04. The number of benzene rings is 1. The third-order valence-electron chi connectivity index (χ3n) is 1.89. The van der Waals surface area contributed by atoms with Gasteiger partial charge in [0.15, 0.2) is 0 Å². The maximum atomic E-state index is 10.7. The molecule has 1 aromatic carbocycles. The fourth-order valence-corrected chi connectivity index (χ4v) is 1.22. The molecule has 0 fully saturated rings. The van der Waals surface area contributed by atoms with Gasteiger partial charge in [-0.15, -0.1) is 6.58 Å². The molecule has 13 heavy (non-hydrogen) atoms. The van der Waals surface area contributed by atoms with Crippen molar-refractivity contribution >= 4 is 5.97 Å². The normalized spacial score (nSPS) is 12.0. The summed E-state index contributed by atoms with van der Waals surface area (Å²) in [6.07, 6.45) is 2.00. The second-order valence-electron chi connectivity index (χ2n) is 2.81. The topological polar surface area (TPSA) is 37.0 Å². The summed E-state index contributed by atoms with van der Waals surface area (Å²) < 4.78 is 0. The fourth-order valence-electron chi connectivity index (χ4n) is 1.22. The first-order valence-corrected chi connectivity index (χ1v) is 4.12. The molecule has 0 saturated heterocycles. The van der Waals surface area contributed by atoms with Crippen molar-refractivity contribution in [3.63, 3.8) is 0 Å². The first-order valence-electron chi connectivity index (χ1n) is 4.12. The third kappa shape index (κ3) is 2.44. The van der Waals surface area contributed by atoms with Crippen LogP contribution in [0.1, 0.15) is 17.9 Å². The average Bonchev–Trinajstić information content (AvgIpc) is 2.15. The van der Waals surface area contributed by atoms with Crippen LogP contribution in [0.5, 0.6) is 0 Å². The minimum Gasteiger partial charge on any atom is -0.247 e. The maximum absolute atomic E-state index is 10.7. The second-order valence-corrected chi connectivity index (χ2v) is 2.81. The molecule has 0 saturated carbocycles. The van der Waals surface area contributed by atoms with Crippen LogP contribution in [0.4, 0.5) is 0 Å². The Bertz CT molecular complexity index is 290. The lowest BCUT2D eigenvalue weighted by atomic mass is 9.96. The predicted octanol–water partition coefficient (Wildman–Crippen LogP) is 2.30. The van der Waals surface area contributed by atoms with E-state index in [2.05, 4.69) is 6.58 Å². The van der Waals surface area contributed by atoms with Gasteiger partial charge in [-0.25, -0.2) is 9.90 Å². The van der Waals surface area contributed by atoms with Crippen molar-refractivity contribution < 1.29 is 9.90 Å². The number of carbonyl (C=O) groups excluding carboxylic acids is 1. The number of hydrogen-bond donors (Lipinski definition) is 0. The number of allylic oxidation sites excluding steroid dienone is 1. The summed E-state index contributed by atoms with van der Waals surface area (Å²) in [5.74, 6) is -1.62. The molecule has 0 spiro atoms. The van der Waals surface area contributed by atoms with E-state index in [1.807, 2.05) is 18.2 Å². The highest BCUT2D eigenvalue weighted by Crippen LogP contribution is 2.19. The molecule has 0 aliphatic carbocycles. The highest BCUT2D eigenvalue weighted by Gasteiger charge is 2.19. The van der Waals surface area contributed by atoms with Crippen molar-refractivity contribution in [2.24, 2.45) is 0 Å². The van der Waals surface area contributed by atoms with Crippen molar-refractivity contribution in [3.05, 3.63) is 48.6 Å². The van der Waals surface area contributed by atoms with E-state index in [-0.39, 0.29) is 0 Å². The van der Waals surface area contributed by atoms with Gasteiger partial charge in [-0.3, -0.25) is 0 Å². The Kier molecular flexibility index (Phi) is 3.26. The monoisotopic (exact) mass is 175 g/mol. The molecular weight excluding hydrogens is 164 g/mol. The summed E-state index contributed by atoms with van der Waals surface area (Å²) in [5.41, 5.74) is 0.766. The Hall–Kier alpha value is -1.57. The average molecular weight is 175 g/mol. The zero-order valence-electron chi connectivity index (χ0n) is 7.27. The van der Waals surface area contributed by atoms with Gasteiger partial charge in [0.1, 0.15) is 0 Å². The molecule has 0 amide bonds. The summed E-state index contributed by atoms with van der Waals surface area (Å²) >= 11 is 0. The summed E-state index contributed by atoms with van der Waals surface area (Å²) in [5, 5.41) is 10.7. The van der Waals surface area contributed by atoms with E-state index in [9.17, 15) is 9.90 Å². The summed E-state index contributed by atoms with van der Waals surface area (Å²) in [4.78, 5) is 10.7. The molecule has 0 N–H and O–H groups in total. The molecule has 0 aliphatic rings. The van der Waals surface area contributed by atoms with Crippen molar-refractivity contribution in [2.45, 2.75) is 12.3 Å². The van der Waals surface area contributed by atoms with Crippen LogP contribution in [-0.2, 0) is 9.90 Å². The first-order chi connectivity index (χ1) is 6.25. The number of rotatable bonds is 4. The Morgan fingerprint density at radius 3 is 2.46 bits per heavy atom. The summed E-state index contributed by atoms with van der Waals surface area (Å²) in [6.45, 7) is 3.52. The van der Waals surface area contributed by atoms with Crippen molar-refractivity contribution in [1.82, 2.24) is 0 Å². The van der Waals surface area contributed by atoms with Crippen molar-refractivity contribution in [1.29, 1.82) is 0 Å². The minimum atomic E-state index is -1.05. The van der Waals surface area contributed by atoms with Gasteiger partial charge in [0.25, 0.3) is 0 Å². The molecule has 0 heterocycles. The molecule has 1 unspecified atom stereocenters. The molecule has 67 valence electrons. The Balaban J connectivity index is 2.88. The maximum Gasteiger partial charge on any atom is 0.363 e. The van der Waals surface area contributed by atoms with E-state index in [1.54, 1.807) is 18.2 Å². The Labute approximate surface area is 77.5 Å². The van der Waals surface area contributed by atoms with Crippen LogP contribution >= 0.6 is 0 Å². The highest BCUT2D eigenvalue weighted by atomic mass is 16.4. The molecule has 0 aliphatic heterocycles. The molecule has 0 bridgehead atoms. The number of hydrogen-bond acceptors (Lipinski definition) is 1. The lowest BCUT2D eigenvalue weighted by Crippen LogP contribution is -2.08. The Morgan fingerprint density at radius 1 is 1.38 bits per heavy atom. The van der Waals surface area contributed by atoms with Gasteiger partial charge >= 0.3 is 5.97 Å². The van der Waals surface area contributed by atoms with Gasteiger partial charge < -0.3 is 0 Å². The standard InChI is InChI=1S/C11H11O2/c1-2-6-10(11(12)13)9-7-4-3-5-8-9/h2-5,7-8,10H,1,6H2. The highest BCUT2D eigenvalue weighted by molar-refractivity contribution is 5.75. The molecule has 0 aromatic heterocycles. The van der Waals surface area contributed by atoms with E-state index >= 15 is 0 Å². The zero-order valence-corrected chi connectivity index (χ0v) is 7.27. The van der Waals surface area contributed by atoms with Crippen LogP contribution in [0.3, 0.4) is 0 Å². The smallest absolute Gasteiger partial charge is 0.247 e. The van der Waals surface area contributed by atoms with E-state index in [1.165, 1.54) is 0 Å². The molecule has 1 atom stereocenters. The fraction of sp³-hybridized carbons (Fsp3) is 0.182. The first kappa shape index (κ1) is 9.52. The molecule has 2 heteroatoms. The lowest BCUT2D eigenvalue weighted by molar-refractivity contribution is -0.144. The SMILES string of the molecule is C=CCC(C([O])=O)c1ccccc1. The molecule has 1 rings (SSSR count). The van der Waals surface area contributed by atoms with Gasteiger partial charge in [-0.1, -0.05) is 36.4 Å². The molecule has 2 nitrogen and oxygen atoms in total. The second kappa shape index (κ2) is 4.45. The van der Waals surface area contributed by atoms with Crippen molar-refractivity contribution in [3.8, 4) is 0 Å². The van der Waals surface area contributed by atoms with Crippen LogP contribution in [0.25, 0.3) is 0 Å². The molecule has 1 aromatic rings. The van der Waals surface area contributed by atoms with E-state index < -0.39 is 11.9 Å². The largest absolute Gasteiger partial charge is 0.363 e. The van der Waals surface area contributed by atoms with Gasteiger partial charge in [-0.2, -0.15) is 0 Å². The quantitative estimate of drug-likeness (QED) is 0.647. The van der Waals surface area contributed by atoms with Crippen LogP contribution in [0, 0.1) is 0 Å². The van der Waals surface area contributed by atoms with Crippen LogP contribution < -0.4 is 0 Å². The van der Waals surface area contributed by atoms with E-state index in [4.69, 9.17) is 0 Å². The van der Waals surface area contributed by atoms with Crippen LogP contribution in [-0.4, -0.2) is 5.97 Å². The van der Waals surface area contributed by atoms with E-state index in [0.717, 1.165) is 5.56 Å². The van der Waals surface area contributed by atoms with Crippen LogP contribution in [0.2, 0.25) is 0 Å². The molecular formula is C11H11O2. The zero-order chi connectivity index (χ0) is 9.68. The lowest BCUT2D eigenvalue weighted by Gasteiger charge is -2.07. The minimum absolute atomic E-state index is 0.409. The number of carbonyl (C=O) groups is 1. The van der Waals surface area contributed by atoms with E-state index in [0.29, 0.717) is 6.42 Å².